The standard InChI is InChI=1S/C22H24N8O4S/c1-32-14-7-12(8-15(33-2)18(14)34-3)29-9-16(24-10-29)26-20-17-21(35-11-25-17)28-22(27-20)30-6-4-5-13(30)19(23)31/h7-11,13H,4-6H2,1-3H3,(H2,23,31)(H,26,27,28)/t13-/m1/s1. The van der Waals surface area contributed by atoms with Crippen molar-refractivity contribution in [1.29, 1.82) is 0 Å². The molecule has 0 aliphatic carbocycles. The summed E-state index contributed by atoms with van der Waals surface area (Å²) in [6.45, 7) is 0.660. The van der Waals surface area contributed by atoms with E-state index in [1.165, 1.54) is 11.3 Å². The van der Waals surface area contributed by atoms with Gasteiger partial charge in [-0.05, 0) is 12.8 Å². The molecule has 5 rings (SSSR count). The Morgan fingerprint density at radius 2 is 1.91 bits per heavy atom. The SMILES string of the molecule is COc1cc(-n2cnc(Nc3nc(N4CCC[C@@H]4C(N)=O)nc4scnc34)c2)cc(OC)c1OC. The zero-order chi connectivity index (χ0) is 24.5. The first-order valence-electron chi connectivity index (χ1n) is 10.8. The molecule has 13 heteroatoms. The van der Waals surface area contributed by atoms with E-state index >= 15 is 0 Å². The fraction of sp³-hybridized carbons (Fsp3) is 0.318. The number of carbonyl (C=O) groups excluding carboxylic acids is 1. The lowest BCUT2D eigenvalue weighted by Gasteiger charge is -2.22. The molecule has 4 aromatic rings. The van der Waals surface area contributed by atoms with Crippen LogP contribution in [0.2, 0.25) is 0 Å². The van der Waals surface area contributed by atoms with Crippen LogP contribution < -0.4 is 30.2 Å². The number of ether oxygens (including phenoxy) is 3. The van der Waals surface area contributed by atoms with Crippen molar-refractivity contribution in [3.05, 3.63) is 30.2 Å². The molecule has 1 amide bonds. The zero-order valence-corrected chi connectivity index (χ0v) is 20.2. The highest BCUT2D eigenvalue weighted by molar-refractivity contribution is 7.16. The highest BCUT2D eigenvalue weighted by Crippen LogP contribution is 2.39. The van der Waals surface area contributed by atoms with Gasteiger partial charge in [0.2, 0.25) is 17.6 Å². The van der Waals surface area contributed by atoms with Gasteiger partial charge in [-0.2, -0.15) is 9.97 Å². The second-order valence-electron chi connectivity index (χ2n) is 7.81. The number of imidazole rings is 1. The first-order chi connectivity index (χ1) is 17.0. The number of fused-ring (bicyclic) bond motifs is 1. The number of nitrogens with one attached hydrogen (secondary N) is 1. The maximum atomic E-state index is 11.9. The Bertz CT molecular complexity index is 1360. The lowest BCUT2D eigenvalue weighted by Crippen LogP contribution is -2.41. The van der Waals surface area contributed by atoms with Gasteiger partial charge in [0, 0.05) is 18.7 Å². The maximum absolute atomic E-state index is 11.9. The number of nitrogens with two attached hydrogens (primary N) is 1. The monoisotopic (exact) mass is 496 g/mol. The molecule has 1 aliphatic heterocycles. The van der Waals surface area contributed by atoms with Crippen LogP contribution in [0.15, 0.2) is 30.2 Å². The average Bonchev–Trinajstić information content (AvgIpc) is 3.63. The molecule has 1 aliphatic rings. The van der Waals surface area contributed by atoms with Gasteiger partial charge in [-0.1, -0.05) is 0 Å². The highest BCUT2D eigenvalue weighted by atomic mass is 32.1. The Hall–Kier alpha value is -4.13. The van der Waals surface area contributed by atoms with Crippen molar-refractivity contribution >= 4 is 45.2 Å². The van der Waals surface area contributed by atoms with E-state index < -0.39 is 6.04 Å². The lowest BCUT2D eigenvalue weighted by atomic mass is 10.2. The van der Waals surface area contributed by atoms with Crippen LogP contribution in [0.5, 0.6) is 17.2 Å². The summed E-state index contributed by atoms with van der Waals surface area (Å²) in [4.78, 5) is 32.6. The van der Waals surface area contributed by atoms with Gasteiger partial charge in [0.1, 0.15) is 23.7 Å². The average molecular weight is 497 g/mol. The molecule has 4 heterocycles. The van der Waals surface area contributed by atoms with Crippen molar-refractivity contribution in [2.45, 2.75) is 18.9 Å². The topological polar surface area (TPSA) is 143 Å². The van der Waals surface area contributed by atoms with Gasteiger partial charge in [-0.15, -0.1) is 11.3 Å². The summed E-state index contributed by atoms with van der Waals surface area (Å²) in [7, 11) is 4.69. The van der Waals surface area contributed by atoms with Crippen molar-refractivity contribution in [1.82, 2.24) is 24.5 Å². The smallest absolute Gasteiger partial charge is 0.240 e. The summed E-state index contributed by atoms with van der Waals surface area (Å²) >= 11 is 1.40. The number of hydrogen-bond acceptors (Lipinski definition) is 11. The van der Waals surface area contributed by atoms with Crippen molar-refractivity contribution in [3.63, 3.8) is 0 Å². The number of benzene rings is 1. The molecular formula is C22H24N8O4S. The van der Waals surface area contributed by atoms with Crippen LogP contribution in [0.4, 0.5) is 17.6 Å². The number of aromatic nitrogens is 5. The number of hydrogen-bond donors (Lipinski definition) is 2. The lowest BCUT2D eigenvalue weighted by molar-refractivity contribution is -0.119. The summed E-state index contributed by atoms with van der Waals surface area (Å²) in [6, 6.07) is 3.23. The summed E-state index contributed by atoms with van der Waals surface area (Å²) in [6.07, 6.45) is 5.00. The Morgan fingerprint density at radius 3 is 2.60 bits per heavy atom. The van der Waals surface area contributed by atoms with E-state index in [4.69, 9.17) is 19.9 Å². The van der Waals surface area contributed by atoms with Crippen LogP contribution >= 0.6 is 11.3 Å². The van der Waals surface area contributed by atoms with Gasteiger partial charge in [0.05, 0.1) is 38.7 Å². The number of thiazole rings is 1. The predicted octanol–water partition coefficient (Wildman–Crippen LogP) is 2.50. The van der Waals surface area contributed by atoms with Crippen LogP contribution in [0.3, 0.4) is 0 Å². The summed E-state index contributed by atoms with van der Waals surface area (Å²) in [5.41, 5.74) is 8.69. The van der Waals surface area contributed by atoms with Crippen molar-refractivity contribution in [2.24, 2.45) is 5.73 Å². The number of primary amides is 1. The van der Waals surface area contributed by atoms with Crippen LogP contribution in [-0.4, -0.2) is 64.3 Å². The van der Waals surface area contributed by atoms with Gasteiger partial charge in [-0.3, -0.25) is 4.79 Å². The molecule has 1 fully saturated rings. The van der Waals surface area contributed by atoms with E-state index in [1.807, 2.05) is 27.8 Å². The molecule has 35 heavy (non-hydrogen) atoms. The number of amides is 1. The fourth-order valence-corrected chi connectivity index (χ4v) is 4.79. The second-order valence-corrected chi connectivity index (χ2v) is 8.64. The van der Waals surface area contributed by atoms with E-state index in [2.05, 4.69) is 25.3 Å². The number of nitrogens with zero attached hydrogens (tertiary/aromatic N) is 6. The first kappa shape index (κ1) is 22.7. The minimum atomic E-state index is -0.424. The maximum Gasteiger partial charge on any atom is 0.240 e. The van der Waals surface area contributed by atoms with E-state index in [0.29, 0.717) is 58.1 Å². The molecule has 0 bridgehead atoms. The molecule has 12 nitrogen and oxygen atoms in total. The van der Waals surface area contributed by atoms with Crippen LogP contribution in [-0.2, 0) is 4.79 Å². The summed E-state index contributed by atoms with van der Waals surface area (Å²) < 4.78 is 18.1. The Kier molecular flexibility index (Phi) is 5.99. The fourth-order valence-electron chi connectivity index (χ4n) is 4.13. The van der Waals surface area contributed by atoms with E-state index in [1.54, 1.807) is 33.2 Å². The van der Waals surface area contributed by atoms with Gasteiger partial charge in [0.15, 0.2) is 22.1 Å². The van der Waals surface area contributed by atoms with Gasteiger partial charge in [-0.25, -0.2) is 9.97 Å². The van der Waals surface area contributed by atoms with E-state index in [9.17, 15) is 4.79 Å². The minimum absolute atomic E-state index is 0.380. The second kappa shape index (κ2) is 9.25. The molecule has 0 radical (unpaired) electrons. The third-order valence-electron chi connectivity index (χ3n) is 5.80. The molecule has 182 valence electrons. The van der Waals surface area contributed by atoms with Crippen molar-refractivity contribution in [2.75, 3.05) is 38.1 Å². The number of carbonyl (C=O) groups is 1. The number of methoxy groups -OCH3 is 3. The highest BCUT2D eigenvalue weighted by Gasteiger charge is 2.31. The predicted molar refractivity (Wildman–Crippen MR) is 131 cm³/mol. The van der Waals surface area contributed by atoms with E-state index in [-0.39, 0.29) is 5.91 Å². The molecule has 3 aromatic heterocycles. The number of rotatable bonds is 8. The van der Waals surface area contributed by atoms with Gasteiger partial charge < -0.3 is 34.7 Å². The normalized spacial score (nSPS) is 15.4. The molecule has 3 N–H and O–H groups in total. The van der Waals surface area contributed by atoms with Crippen LogP contribution in [0, 0.1) is 0 Å². The summed E-state index contributed by atoms with van der Waals surface area (Å²) in [5, 5.41) is 3.24. The molecule has 1 atom stereocenters. The molecule has 0 saturated carbocycles. The van der Waals surface area contributed by atoms with E-state index in [0.717, 1.165) is 12.1 Å². The third-order valence-corrected chi connectivity index (χ3v) is 6.52. The Morgan fingerprint density at radius 1 is 1.14 bits per heavy atom. The van der Waals surface area contributed by atoms with Gasteiger partial charge >= 0.3 is 0 Å². The minimum Gasteiger partial charge on any atom is -0.493 e. The molecule has 1 aromatic carbocycles. The Balaban J connectivity index is 1.48. The van der Waals surface area contributed by atoms with Crippen molar-refractivity contribution in [3.8, 4) is 22.9 Å². The van der Waals surface area contributed by atoms with Crippen LogP contribution in [0.25, 0.3) is 16.0 Å². The molecule has 0 unspecified atom stereocenters. The molecule has 1 saturated heterocycles. The molecule has 0 spiro atoms. The molecular weight excluding hydrogens is 472 g/mol. The largest absolute Gasteiger partial charge is 0.493 e. The Labute approximate surface area is 204 Å². The van der Waals surface area contributed by atoms with Gasteiger partial charge in [0.25, 0.3) is 0 Å². The quantitative estimate of drug-likeness (QED) is 0.373. The van der Waals surface area contributed by atoms with Crippen molar-refractivity contribution < 1.29 is 19.0 Å². The number of anilines is 3. The van der Waals surface area contributed by atoms with Crippen LogP contribution in [0.1, 0.15) is 12.8 Å². The summed E-state index contributed by atoms with van der Waals surface area (Å²) in [5.74, 6) is 2.67. The third kappa shape index (κ3) is 4.14. The first-order valence-corrected chi connectivity index (χ1v) is 11.7. The zero-order valence-electron chi connectivity index (χ0n) is 19.4.